The lowest BCUT2D eigenvalue weighted by Crippen LogP contribution is -2.62. The molecule has 1 N–H and O–H groups in total. The van der Waals surface area contributed by atoms with E-state index in [1.807, 2.05) is 12.3 Å². The van der Waals surface area contributed by atoms with E-state index >= 15 is 0 Å². The van der Waals surface area contributed by atoms with Gasteiger partial charge < -0.3 is 9.84 Å². The fourth-order valence-electron chi connectivity index (χ4n) is 3.60. The average Bonchev–Trinajstić information content (AvgIpc) is 2.85. The number of aliphatic hydroxyl groups excluding tert-OH is 1. The molecule has 1 spiro atoms. The Morgan fingerprint density at radius 1 is 1.50 bits per heavy atom. The number of hydrogen-bond donors (Lipinski definition) is 1. The quantitative estimate of drug-likeness (QED) is 0.926. The molecule has 1 saturated heterocycles. The van der Waals surface area contributed by atoms with Crippen LogP contribution < -0.4 is 0 Å². The first kappa shape index (κ1) is 14.8. The molecule has 20 heavy (non-hydrogen) atoms. The topological polar surface area (TPSA) is 32.7 Å². The summed E-state index contributed by atoms with van der Waals surface area (Å²) in [5.74, 6) is 0. The van der Waals surface area contributed by atoms with Gasteiger partial charge in [0.25, 0.3) is 0 Å². The first-order valence-electron chi connectivity index (χ1n) is 7.39. The van der Waals surface area contributed by atoms with E-state index in [0.29, 0.717) is 0 Å². The zero-order valence-electron chi connectivity index (χ0n) is 11.8. The van der Waals surface area contributed by atoms with Crippen LogP contribution in [0.3, 0.4) is 0 Å². The molecule has 0 unspecified atom stereocenters. The molecule has 1 aliphatic carbocycles. The van der Waals surface area contributed by atoms with Crippen molar-refractivity contribution in [3.05, 3.63) is 21.3 Å². The van der Waals surface area contributed by atoms with Gasteiger partial charge in [0, 0.05) is 35.2 Å². The standard InChI is InChI=1S/C15H22ClNO2S/c1-2-19-14-8-13(18)15(14)3-5-17(6-4-15)9-12-7-11(16)10-20-12/h7,10,13-14,18H,2-6,8-9H2,1H3/t13-,14-/m0/s1. The summed E-state index contributed by atoms with van der Waals surface area (Å²) in [7, 11) is 0. The number of ether oxygens (including phenoxy) is 1. The SMILES string of the molecule is CCO[C@H]1C[C@H](O)C12CCN(Cc1cc(Cl)cs1)CC2. The fraction of sp³-hybridized carbons (Fsp3) is 0.733. The van der Waals surface area contributed by atoms with Gasteiger partial charge in [0.2, 0.25) is 0 Å². The van der Waals surface area contributed by atoms with Crippen molar-refractivity contribution >= 4 is 22.9 Å². The second kappa shape index (κ2) is 5.93. The van der Waals surface area contributed by atoms with Crippen molar-refractivity contribution in [1.82, 2.24) is 4.90 Å². The van der Waals surface area contributed by atoms with Crippen LogP contribution >= 0.6 is 22.9 Å². The van der Waals surface area contributed by atoms with Gasteiger partial charge in [-0.05, 0) is 38.9 Å². The summed E-state index contributed by atoms with van der Waals surface area (Å²) >= 11 is 7.69. The van der Waals surface area contributed by atoms with Crippen LogP contribution in [-0.2, 0) is 11.3 Å². The Labute approximate surface area is 129 Å². The van der Waals surface area contributed by atoms with E-state index in [-0.39, 0.29) is 17.6 Å². The van der Waals surface area contributed by atoms with Gasteiger partial charge in [-0.25, -0.2) is 0 Å². The number of aliphatic hydroxyl groups is 1. The Morgan fingerprint density at radius 3 is 2.80 bits per heavy atom. The first-order valence-corrected chi connectivity index (χ1v) is 8.65. The fourth-order valence-corrected chi connectivity index (χ4v) is 4.72. The third kappa shape index (κ3) is 2.64. The number of likely N-dealkylation sites (tertiary alicyclic amines) is 1. The smallest absolute Gasteiger partial charge is 0.0681 e. The predicted molar refractivity (Wildman–Crippen MR) is 82.3 cm³/mol. The lowest BCUT2D eigenvalue weighted by atomic mass is 9.58. The molecule has 112 valence electrons. The maximum Gasteiger partial charge on any atom is 0.0681 e. The van der Waals surface area contributed by atoms with Crippen LogP contribution in [0.15, 0.2) is 11.4 Å². The van der Waals surface area contributed by atoms with Crippen LogP contribution in [0.1, 0.15) is 31.1 Å². The zero-order valence-corrected chi connectivity index (χ0v) is 13.4. The van der Waals surface area contributed by atoms with Gasteiger partial charge >= 0.3 is 0 Å². The van der Waals surface area contributed by atoms with Crippen molar-refractivity contribution in [2.75, 3.05) is 19.7 Å². The van der Waals surface area contributed by atoms with E-state index in [1.165, 1.54) is 4.88 Å². The van der Waals surface area contributed by atoms with Crippen LogP contribution in [0.2, 0.25) is 5.02 Å². The van der Waals surface area contributed by atoms with Gasteiger partial charge in [-0.3, -0.25) is 4.90 Å². The Bertz CT molecular complexity index is 454. The molecule has 1 aliphatic heterocycles. The zero-order chi connectivity index (χ0) is 14.2. The number of hydrogen-bond acceptors (Lipinski definition) is 4. The second-order valence-electron chi connectivity index (χ2n) is 5.94. The van der Waals surface area contributed by atoms with E-state index in [1.54, 1.807) is 11.3 Å². The van der Waals surface area contributed by atoms with Crippen LogP contribution in [0, 0.1) is 5.41 Å². The predicted octanol–water partition coefficient (Wildman–Crippen LogP) is 3.15. The molecule has 2 aliphatic rings. The highest BCUT2D eigenvalue weighted by molar-refractivity contribution is 7.10. The molecule has 1 saturated carbocycles. The van der Waals surface area contributed by atoms with Crippen molar-refractivity contribution in [3.63, 3.8) is 0 Å². The van der Waals surface area contributed by atoms with Gasteiger partial charge in [-0.1, -0.05) is 11.6 Å². The molecule has 0 amide bonds. The molecule has 2 heterocycles. The number of thiophene rings is 1. The van der Waals surface area contributed by atoms with Crippen LogP contribution in [-0.4, -0.2) is 41.9 Å². The summed E-state index contributed by atoms with van der Waals surface area (Å²) in [5, 5.41) is 13.0. The van der Waals surface area contributed by atoms with Crippen molar-refractivity contribution in [1.29, 1.82) is 0 Å². The monoisotopic (exact) mass is 315 g/mol. The third-order valence-electron chi connectivity index (χ3n) is 4.90. The van der Waals surface area contributed by atoms with Gasteiger partial charge in [0.15, 0.2) is 0 Å². The lowest BCUT2D eigenvalue weighted by molar-refractivity contribution is -0.209. The van der Waals surface area contributed by atoms with Gasteiger partial charge in [0.1, 0.15) is 0 Å². The van der Waals surface area contributed by atoms with Crippen molar-refractivity contribution < 1.29 is 9.84 Å². The first-order chi connectivity index (χ1) is 9.64. The molecular formula is C15H22ClNO2S. The van der Waals surface area contributed by atoms with Gasteiger partial charge in [-0.15, -0.1) is 11.3 Å². The van der Waals surface area contributed by atoms with Crippen molar-refractivity contribution in [2.24, 2.45) is 5.41 Å². The number of piperidine rings is 1. The lowest BCUT2D eigenvalue weighted by Gasteiger charge is -2.56. The van der Waals surface area contributed by atoms with Crippen LogP contribution in [0.4, 0.5) is 0 Å². The Hall–Kier alpha value is -0.130. The molecule has 0 radical (unpaired) electrons. The minimum atomic E-state index is -0.169. The van der Waals surface area contributed by atoms with E-state index in [4.69, 9.17) is 16.3 Å². The van der Waals surface area contributed by atoms with Crippen molar-refractivity contribution in [2.45, 2.75) is 44.9 Å². The Morgan fingerprint density at radius 2 is 2.25 bits per heavy atom. The number of nitrogens with zero attached hydrogens (tertiary/aromatic N) is 1. The summed E-state index contributed by atoms with van der Waals surface area (Å²) in [6.07, 6.45) is 2.99. The molecule has 1 aromatic heterocycles. The largest absolute Gasteiger partial charge is 0.392 e. The van der Waals surface area contributed by atoms with E-state index in [2.05, 4.69) is 11.0 Å². The van der Waals surface area contributed by atoms with Crippen LogP contribution in [0.5, 0.6) is 0 Å². The summed E-state index contributed by atoms with van der Waals surface area (Å²) in [6.45, 7) is 5.83. The third-order valence-corrected chi connectivity index (χ3v) is 6.17. The van der Waals surface area contributed by atoms with Gasteiger partial charge in [0.05, 0.1) is 17.2 Å². The highest BCUT2D eigenvalue weighted by Crippen LogP contribution is 2.51. The minimum absolute atomic E-state index is 0.0274. The maximum atomic E-state index is 10.2. The molecule has 2 fully saturated rings. The maximum absolute atomic E-state index is 10.2. The number of rotatable bonds is 4. The normalized spacial score (nSPS) is 29.6. The molecule has 5 heteroatoms. The molecule has 0 aromatic carbocycles. The molecular weight excluding hydrogens is 294 g/mol. The summed E-state index contributed by atoms with van der Waals surface area (Å²) in [6, 6.07) is 2.05. The van der Waals surface area contributed by atoms with Gasteiger partial charge in [-0.2, -0.15) is 0 Å². The second-order valence-corrected chi connectivity index (χ2v) is 7.37. The molecule has 1 aromatic rings. The summed E-state index contributed by atoms with van der Waals surface area (Å²) < 4.78 is 5.80. The highest BCUT2D eigenvalue weighted by Gasteiger charge is 2.55. The molecule has 3 rings (SSSR count). The molecule has 2 atom stereocenters. The Balaban J connectivity index is 1.56. The summed E-state index contributed by atoms with van der Waals surface area (Å²) in [4.78, 5) is 3.78. The average molecular weight is 316 g/mol. The number of halogens is 1. The molecule has 3 nitrogen and oxygen atoms in total. The minimum Gasteiger partial charge on any atom is -0.392 e. The Kier molecular flexibility index (Phi) is 4.39. The van der Waals surface area contributed by atoms with Crippen molar-refractivity contribution in [3.8, 4) is 0 Å². The highest BCUT2D eigenvalue weighted by atomic mass is 35.5. The van der Waals surface area contributed by atoms with Crippen LogP contribution in [0.25, 0.3) is 0 Å². The summed E-state index contributed by atoms with van der Waals surface area (Å²) in [5.41, 5.74) is 0.0274. The molecule has 0 bridgehead atoms. The van der Waals surface area contributed by atoms with E-state index in [0.717, 1.165) is 50.5 Å². The van der Waals surface area contributed by atoms with E-state index < -0.39 is 0 Å². The van der Waals surface area contributed by atoms with E-state index in [9.17, 15) is 5.11 Å².